The molecular formula is HNa2O2PS. The maximum absolute atomic E-state index is 8.89. The molecule has 2 nitrogen and oxygen atoms in total. The van der Waals surface area contributed by atoms with Crippen LogP contribution in [0.4, 0.5) is 0 Å². The van der Waals surface area contributed by atoms with Gasteiger partial charge in [-0.05, 0) is 0 Å². The van der Waals surface area contributed by atoms with Gasteiger partial charge in [0, 0.05) is 0 Å². The Kier molecular flexibility index (Phi) is 27.8. The van der Waals surface area contributed by atoms with Crippen LogP contribution in [0.25, 0.3) is 0 Å². The summed E-state index contributed by atoms with van der Waals surface area (Å²) < 4.78 is 0. The number of rotatable bonds is 0. The first-order valence-corrected chi connectivity index (χ1v) is 3.06. The van der Waals surface area contributed by atoms with E-state index in [4.69, 9.17) is 9.79 Å². The molecule has 0 aromatic heterocycles. The molecule has 0 aromatic rings. The molecule has 0 amide bonds. The summed E-state index contributed by atoms with van der Waals surface area (Å²) in [6.45, 7) is 0. The van der Waals surface area contributed by atoms with Gasteiger partial charge in [0.25, 0.3) is 0 Å². The normalized spacial score (nSPS) is 5.83. The van der Waals surface area contributed by atoms with Crippen LogP contribution in [0.1, 0.15) is 0 Å². The van der Waals surface area contributed by atoms with Gasteiger partial charge in [-0.1, -0.05) is 0 Å². The summed E-state index contributed by atoms with van der Waals surface area (Å²) in [5.41, 5.74) is 0. The van der Waals surface area contributed by atoms with E-state index in [9.17, 15) is 0 Å². The molecule has 0 unspecified atom stereocenters. The molecular weight excluding hydrogens is 141 g/mol. The van der Waals surface area contributed by atoms with Crippen LogP contribution in [0, 0.1) is 0 Å². The first kappa shape index (κ1) is 15.8. The Morgan fingerprint density at radius 1 is 1.17 bits per heavy atom. The molecule has 6 heteroatoms. The second-order valence-electron chi connectivity index (χ2n) is 0.250. The van der Waals surface area contributed by atoms with E-state index in [2.05, 4.69) is 11.8 Å². The van der Waals surface area contributed by atoms with Gasteiger partial charge < -0.3 is 9.79 Å². The van der Waals surface area contributed by atoms with Gasteiger partial charge in [0.2, 0.25) is 0 Å². The van der Waals surface area contributed by atoms with E-state index in [1.807, 2.05) is 0 Å². The van der Waals surface area contributed by atoms with Crippen molar-refractivity contribution in [1.82, 2.24) is 0 Å². The number of hydrogen-bond acceptors (Lipinski definition) is 3. The van der Waals surface area contributed by atoms with Crippen LogP contribution < -0.4 is 68.9 Å². The van der Waals surface area contributed by atoms with Crippen LogP contribution >= 0.6 is 7.15 Å². The maximum atomic E-state index is 8.89. The molecule has 0 aliphatic rings. The van der Waals surface area contributed by atoms with Gasteiger partial charge in [-0.2, -0.15) is 0 Å². The van der Waals surface area contributed by atoms with Crippen molar-refractivity contribution in [3.05, 3.63) is 0 Å². The molecule has 0 atom stereocenters. The van der Waals surface area contributed by atoms with Gasteiger partial charge in [-0.25, -0.2) is 7.15 Å². The van der Waals surface area contributed by atoms with E-state index in [-0.39, 0.29) is 59.1 Å². The summed E-state index contributed by atoms with van der Waals surface area (Å²) in [6.07, 6.45) is 0. The van der Waals surface area contributed by atoms with E-state index in [1.165, 1.54) is 0 Å². The molecule has 0 aromatic carbocycles. The zero-order valence-electron chi connectivity index (χ0n) is 3.72. The van der Waals surface area contributed by atoms with Crippen LogP contribution in [-0.4, -0.2) is 0 Å². The minimum Gasteiger partial charge on any atom is -0.835 e. The second kappa shape index (κ2) is 10.5. The quantitative estimate of drug-likeness (QED) is 0.249. The SMILES string of the molecule is [Na+].[Na+].[O-][PH]([O-])=S. The minimum absolute atomic E-state index is 0. The van der Waals surface area contributed by atoms with E-state index < -0.39 is 7.15 Å². The summed E-state index contributed by atoms with van der Waals surface area (Å²) >= 11 is 3.61. The average Bonchev–Trinajstić information content (AvgIpc) is 0.811. The molecule has 0 fully saturated rings. The van der Waals surface area contributed by atoms with Crippen molar-refractivity contribution in [2.24, 2.45) is 0 Å². The Bertz CT molecular complexity index is 34.5. The Labute approximate surface area is 86.5 Å². The summed E-state index contributed by atoms with van der Waals surface area (Å²) in [4.78, 5) is 17.8. The molecule has 0 spiro atoms. The number of hydrogen-bond donors (Lipinski definition) is 0. The van der Waals surface area contributed by atoms with Crippen LogP contribution in [0.3, 0.4) is 0 Å². The molecule has 0 saturated carbocycles. The predicted molar refractivity (Wildman–Crippen MR) is 15.7 cm³/mol. The summed E-state index contributed by atoms with van der Waals surface area (Å²) in [5, 5.41) is 0. The van der Waals surface area contributed by atoms with Gasteiger partial charge in [-0.3, -0.25) is 0 Å². The molecule has 0 heterocycles. The molecule has 0 aliphatic heterocycles. The Morgan fingerprint density at radius 3 is 1.17 bits per heavy atom. The van der Waals surface area contributed by atoms with Crippen LogP contribution in [0.15, 0.2) is 0 Å². The van der Waals surface area contributed by atoms with Gasteiger partial charge in [-0.15, -0.1) is 11.8 Å². The Morgan fingerprint density at radius 2 is 1.17 bits per heavy atom. The molecule has 6 heavy (non-hydrogen) atoms. The maximum Gasteiger partial charge on any atom is 1.00 e. The summed E-state index contributed by atoms with van der Waals surface area (Å²) in [6, 6.07) is 0. The standard InChI is InChI=1S/2Na.H3O2PS/c;;1-3(2)4/h;;3H,(H2,1,2,4)/q2*+1;/p-2. The van der Waals surface area contributed by atoms with Crippen LogP contribution in [0.5, 0.6) is 0 Å². The van der Waals surface area contributed by atoms with Gasteiger partial charge in [0.1, 0.15) is 0 Å². The molecule has 0 radical (unpaired) electrons. The van der Waals surface area contributed by atoms with E-state index in [0.29, 0.717) is 0 Å². The first-order chi connectivity index (χ1) is 1.73. The smallest absolute Gasteiger partial charge is 0.835 e. The largest absolute Gasteiger partial charge is 1.00 e. The zero-order valence-corrected chi connectivity index (χ0v) is 9.54. The van der Waals surface area contributed by atoms with Crippen molar-refractivity contribution in [2.45, 2.75) is 0 Å². The van der Waals surface area contributed by atoms with Crippen LogP contribution in [-0.2, 0) is 11.8 Å². The Balaban J connectivity index is -0.0000000450. The van der Waals surface area contributed by atoms with E-state index >= 15 is 0 Å². The monoisotopic (exact) mass is 142 g/mol. The van der Waals surface area contributed by atoms with Crippen molar-refractivity contribution < 1.29 is 68.9 Å². The van der Waals surface area contributed by atoms with Crippen molar-refractivity contribution >= 4 is 19.0 Å². The van der Waals surface area contributed by atoms with E-state index in [0.717, 1.165) is 0 Å². The first-order valence-electron chi connectivity index (χ1n) is 0.612. The fourth-order valence-electron chi connectivity index (χ4n) is 0. The topological polar surface area (TPSA) is 46.1 Å². The van der Waals surface area contributed by atoms with Gasteiger partial charge in [0.05, 0.1) is 0 Å². The zero-order chi connectivity index (χ0) is 3.58. The molecule has 0 saturated heterocycles. The second-order valence-corrected chi connectivity index (χ2v) is 1.75. The molecule has 0 aliphatic carbocycles. The van der Waals surface area contributed by atoms with Gasteiger partial charge >= 0.3 is 59.1 Å². The molecule has 0 rings (SSSR count). The van der Waals surface area contributed by atoms with Crippen LogP contribution in [0.2, 0.25) is 0 Å². The fraction of sp³-hybridized carbons (Fsp3) is 0. The molecule has 26 valence electrons. The summed E-state index contributed by atoms with van der Waals surface area (Å²) in [5.74, 6) is 0. The van der Waals surface area contributed by atoms with Crippen molar-refractivity contribution in [1.29, 1.82) is 0 Å². The minimum atomic E-state index is -2.80. The average molecular weight is 142 g/mol. The third kappa shape index (κ3) is 30.9. The van der Waals surface area contributed by atoms with Crippen molar-refractivity contribution in [3.63, 3.8) is 0 Å². The predicted octanol–water partition coefficient (Wildman–Crippen LogP) is -7.78. The van der Waals surface area contributed by atoms with E-state index in [1.54, 1.807) is 0 Å². The Hall–Kier alpha value is 2.57. The third-order valence-electron chi connectivity index (χ3n) is 0. The van der Waals surface area contributed by atoms with Gasteiger partial charge in [0.15, 0.2) is 0 Å². The summed E-state index contributed by atoms with van der Waals surface area (Å²) in [7, 11) is -2.80. The van der Waals surface area contributed by atoms with Crippen molar-refractivity contribution in [3.8, 4) is 0 Å². The van der Waals surface area contributed by atoms with Crippen molar-refractivity contribution in [2.75, 3.05) is 0 Å². The molecule has 0 bridgehead atoms. The molecule has 0 N–H and O–H groups in total. The fourth-order valence-corrected chi connectivity index (χ4v) is 0. The third-order valence-corrected chi connectivity index (χ3v) is 0.